The fraction of sp³-hybridized carbons (Fsp3) is 0.406. The number of aliphatic hydroxyl groups excluding tert-OH is 1. The molecule has 41 heavy (non-hydrogen) atoms. The van der Waals surface area contributed by atoms with Gasteiger partial charge in [0.05, 0.1) is 37.7 Å². The number of fused-ring (bicyclic) bond motifs is 2. The number of hydrogen-bond acceptors (Lipinski definition) is 6. The summed E-state index contributed by atoms with van der Waals surface area (Å²) in [5.41, 5.74) is 0.301. The van der Waals surface area contributed by atoms with Crippen molar-refractivity contribution in [2.75, 3.05) is 31.7 Å². The maximum atomic E-state index is 14.5. The zero-order valence-corrected chi connectivity index (χ0v) is 23.3. The first-order chi connectivity index (χ1) is 19.9. The van der Waals surface area contributed by atoms with Crippen molar-refractivity contribution in [3.05, 3.63) is 84.5 Å². The van der Waals surface area contributed by atoms with Crippen LogP contribution in [0.3, 0.4) is 0 Å². The van der Waals surface area contributed by atoms with Crippen LogP contribution in [0.5, 0.6) is 5.75 Å². The molecule has 0 radical (unpaired) electrons. The molecule has 9 nitrogen and oxygen atoms in total. The number of aliphatic hydroxyl groups is 1. The maximum absolute atomic E-state index is 14.5. The van der Waals surface area contributed by atoms with E-state index >= 15 is 0 Å². The van der Waals surface area contributed by atoms with Crippen molar-refractivity contribution in [3.63, 3.8) is 0 Å². The fourth-order valence-corrected chi connectivity index (χ4v) is 6.88. The third-order valence-corrected chi connectivity index (χ3v) is 8.86. The fourth-order valence-electron chi connectivity index (χ4n) is 6.88. The topological polar surface area (TPSA) is 99.6 Å². The monoisotopic (exact) mass is 557 g/mol. The second-order valence-electron chi connectivity index (χ2n) is 11.0. The van der Waals surface area contributed by atoms with E-state index in [4.69, 9.17) is 9.47 Å². The smallest absolute Gasteiger partial charge is 0.253 e. The molecule has 4 aliphatic rings. The van der Waals surface area contributed by atoms with Gasteiger partial charge in [0.15, 0.2) is 0 Å². The van der Waals surface area contributed by atoms with Crippen molar-refractivity contribution in [1.82, 2.24) is 9.80 Å². The van der Waals surface area contributed by atoms with Gasteiger partial charge in [0.25, 0.3) is 5.91 Å². The van der Waals surface area contributed by atoms with Gasteiger partial charge in [-0.2, -0.15) is 0 Å². The lowest BCUT2D eigenvalue weighted by Gasteiger charge is -2.38. The van der Waals surface area contributed by atoms with Gasteiger partial charge in [0.2, 0.25) is 11.8 Å². The van der Waals surface area contributed by atoms with Crippen molar-refractivity contribution in [3.8, 4) is 5.75 Å². The summed E-state index contributed by atoms with van der Waals surface area (Å²) >= 11 is 0. The van der Waals surface area contributed by atoms with E-state index in [0.717, 1.165) is 5.56 Å². The number of carbonyl (C=O) groups excluding carboxylic acids is 3. The molecule has 2 saturated heterocycles. The molecule has 3 amide bonds. The van der Waals surface area contributed by atoms with E-state index in [1.54, 1.807) is 41.2 Å². The molecule has 2 aromatic carbocycles. The van der Waals surface area contributed by atoms with Crippen LogP contribution in [0, 0.1) is 11.8 Å². The Bertz CT molecular complexity index is 1370. The molecule has 6 atom stereocenters. The highest BCUT2D eigenvalue weighted by Crippen LogP contribution is 2.54. The highest BCUT2D eigenvalue weighted by molar-refractivity contribution is 6.06. The molecule has 0 saturated carbocycles. The summed E-state index contributed by atoms with van der Waals surface area (Å²) in [7, 11) is 1.58. The molecule has 2 aromatic rings. The van der Waals surface area contributed by atoms with Crippen LogP contribution >= 0.6 is 0 Å². The van der Waals surface area contributed by atoms with Crippen molar-refractivity contribution in [2.45, 2.75) is 43.7 Å². The SMILES string of the molecule is CC[C@@H](CO)N1C(=O)[C@@H]2[C@H]3C(=O)N(Cc4ccccc4)CC=C[C@H]3O[C@@]23C=CCN(c2ccc(OC)cc2)C(=O)C13. The number of hydrogen-bond donors (Lipinski definition) is 1. The second kappa shape index (κ2) is 10.8. The molecule has 0 aromatic heterocycles. The number of amides is 3. The van der Waals surface area contributed by atoms with E-state index in [-0.39, 0.29) is 30.9 Å². The van der Waals surface area contributed by atoms with E-state index in [0.29, 0.717) is 30.9 Å². The summed E-state index contributed by atoms with van der Waals surface area (Å²) in [5.74, 6) is -1.84. The lowest BCUT2D eigenvalue weighted by molar-refractivity contribution is -0.147. The number of methoxy groups -OCH3 is 1. The Hall–Kier alpha value is -3.95. The minimum Gasteiger partial charge on any atom is -0.497 e. The van der Waals surface area contributed by atoms with Crippen molar-refractivity contribution in [1.29, 1.82) is 0 Å². The normalized spacial score (nSPS) is 29.6. The molecule has 4 heterocycles. The standard InChI is InChI=1S/C32H35N3O6/c1-3-22(20-36)35-28-31(39)34(23-12-14-24(40-2)15-13-23)18-8-16-32(28)27(30(35)38)26-25(41-32)11-7-17-33(29(26)37)19-21-9-5-4-6-10-21/h4-16,22,25-28,36H,3,17-20H2,1-2H3/t22-,25+,26-,27-,28?,32-/m0/s1. The summed E-state index contributed by atoms with van der Waals surface area (Å²) in [6.07, 6.45) is 7.25. The predicted octanol–water partition coefficient (Wildman–Crippen LogP) is 2.55. The third-order valence-electron chi connectivity index (χ3n) is 8.86. The first-order valence-corrected chi connectivity index (χ1v) is 14.2. The summed E-state index contributed by atoms with van der Waals surface area (Å²) in [4.78, 5) is 47.9. The lowest BCUT2D eigenvalue weighted by Crippen LogP contribution is -2.58. The summed E-state index contributed by atoms with van der Waals surface area (Å²) in [5, 5.41) is 10.3. The molecule has 2 fully saturated rings. The Kier molecular flexibility index (Phi) is 7.17. The summed E-state index contributed by atoms with van der Waals surface area (Å²) in [6, 6.07) is 15.3. The van der Waals surface area contributed by atoms with Gasteiger partial charge in [-0.25, -0.2) is 0 Å². The molecule has 214 valence electrons. The van der Waals surface area contributed by atoms with Gasteiger partial charge in [-0.15, -0.1) is 0 Å². The van der Waals surface area contributed by atoms with E-state index < -0.39 is 35.6 Å². The Labute approximate surface area is 239 Å². The first-order valence-electron chi connectivity index (χ1n) is 14.2. The number of likely N-dealkylation sites (tertiary alicyclic amines) is 1. The number of benzene rings is 2. The molecule has 1 N–H and O–H groups in total. The van der Waals surface area contributed by atoms with Gasteiger partial charge in [0.1, 0.15) is 17.4 Å². The highest BCUT2D eigenvalue weighted by atomic mass is 16.5. The van der Waals surface area contributed by atoms with Crippen molar-refractivity contribution in [2.24, 2.45) is 11.8 Å². The molecular formula is C32H35N3O6. The zero-order valence-electron chi connectivity index (χ0n) is 23.3. The van der Waals surface area contributed by atoms with Crippen LogP contribution in [0.2, 0.25) is 0 Å². The van der Waals surface area contributed by atoms with Crippen LogP contribution in [0.15, 0.2) is 78.9 Å². The van der Waals surface area contributed by atoms with Gasteiger partial charge < -0.3 is 29.3 Å². The van der Waals surface area contributed by atoms with Crippen LogP contribution < -0.4 is 9.64 Å². The lowest BCUT2D eigenvalue weighted by atomic mass is 9.77. The van der Waals surface area contributed by atoms with Gasteiger partial charge >= 0.3 is 0 Å². The summed E-state index contributed by atoms with van der Waals surface area (Å²) in [6.45, 7) is 2.65. The Balaban J connectivity index is 1.41. The number of nitrogens with zero attached hydrogens (tertiary/aromatic N) is 3. The molecule has 6 rings (SSSR count). The molecule has 1 spiro atoms. The van der Waals surface area contributed by atoms with Crippen molar-refractivity contribution >= 4 is 23.4 Å². The molecule has 0 aliphatic carbocycles. The van der Waals surface area contributed by atoms with Gasteiger partial charge in [-0.1, -0.05) is 61.6 Å². The second-order valence-corrected chi connectivity index (χ2v) is 11.0. The van der Waals surface area contributed by atoms with E-state index in [2.05, 4.69) is 0 Å². The van der Waals surface area contributed by atoms with Crippen LogP contribution in [0.4, 0.5) is 5.69 Å². The highest BCUT2D eigenvalue weighted by Gasteiger charge is 2.72. The zero-order chi connectivity index (χ0) is 28.7. The number of anilines is 1. The molecule has 1 unspecified atom stereocenters. The van der Waals surface area contributed by atoms with Gasteiger partial charge in [-0.05, 0) is 36.2 Å². The number of carbonyl (C=O) groups is 3. The third kappa shape index (κ3) is 4.35. The van der Waals surface area contributed by atoms with E-state index in [1.165, 1.54) is 4.90 Å². The summed E-state index contributed by atoms with van der Waals surface area (Å²) < 4.78 is 12.0. The average Bonchev–Trinajstić information content (AvgIpc) is 3.32. The first kappa shape index (κ1) is 27.2. The Morgan fingerprint density at radius 1 is 1.00 bits per heavy atom. The van der Waals surface area contributed by atoms with Gasteiger partial charge in [-0.3, -0.25) is 14.4 Å². The number of rotatable bonds is 7. The number of ether oxygens (including phenoxy) is 2. The quantitative estimate of drug-likeness (QED) is 0.526. The predicted molar refractivity (Wildman–Crippen MR) is 152 cm³/mol. The van der Waals surface area contributed by atoms with Crippen LogP contribution in [-0.2, 0) is 25.7 Å². The average molecular weight is 558 g/mol. The molecule has 4 aliphatic heterocycles. The molecule has 0 bridgehead atoms. The van der Waals surface area contributed by atoms with E-state index in [9.17, 15) is 19.5 Å². The molecule has 9 heteroatoms. The van der Waals surface area contributed by atoms with Crippen LogP contribution in [0.1, 0.15) is 18.9 Å². The van der Waals surface area contributed by atoms with Crippen LogP contribution in [0.25, 0.3) is 0 Å². The Morgan fingerprint density at radius 3 is 2.44 bits per heavy atom. The minimum absolute atomic E-state index is 0.172. The van der Waals surface area contributed by atoms with Gasteiger partial charge in [0, 0.05) is 25.3 Å². The Morgan fingerprint density at radius 2 is 1.76 bits per heavy atom. The largest absolute Gasteiger partial charge is 0.497 e. The molecular weight excluding hydrogens is 522 g/mol. The van der Waals surface area contributed by atoms with E-state index in [1.807, 2.05) is 61.6 Å². The minimum atomic E-state index is -1.34. The van der Waals surface area contributed by atoms with Crippen LogP contribution in [-0.4, -0.2) is 83.2 Å². The van der Waals surface area contributed by atoms with Crippen molar-refractivity contribution < 1.29 is 29.0 Å². The maximum Gasteiger partial charge on any atom is 0.253 e.